The molecule has 1 aliphatic heterocycles. The lowest BCUT2D eigenvalue weighted by Gasteiger charge is -2.49. The van der Waals surface area contributed by atoms with Gasteiger partial charge in [0.25, 0.3) is 0 Å². The number of ether oxygens (including phenoxy) is 3. The molecule has 1 aliphatic rings. The molecule has 1 N–H and O–H groups in total. The summed E-state index contributed by atoms with van der Waals surface area (Å²) in [6.45, 7) is 5.39. The summed E-state index contributed by atoms with van der Waals surface area (Å²) in [6.07, 6.45) is -0.689. The molecule has 0 radical (unpaired) electrons. The van der Waals surface area contributed by atoms with E-state index < -0.39 is 41.3 Å². The number of likely N-dealkylation sites (tertiary alicyclic amines) is 1. The van der Waals surface area contributed by atoms with Gasteiger partial charge >= 0.3 is 18.7 Å². The Bertz CT molecular complexity index is 1200. The van der Waals surface area contributed by atoms with Crippen LogP contribution in [0.25, 0.3) is 0 Å². The molecule has 0 saturated carbocycles. The van der Waals surface area contributed by atoms with Crippen molar-refractivity contribution in [1.29, 1.82) is 0 Å². The fourth-order valence-corrected chi connectivity index (χ4v) is 4.32. The van der Waals surface area contributed by atoms with E-state index >= 15 is 0 Å². The number of aryl methyl sites for hydroxylation is 1. The standard InChI is InChI=1S/C27H33F2N3O6/c1-16(2)18-9-7-8-10-19(18)27(13-32(14-27)25(35)37-15-26(4,5)23(34)36-6)22(33)31-20-12-11-17(3)30-21(20)38-24(28)29/h7-12,16,24H,13-15H2,1-6H3,(H,31,33). The lowest BCUT2D eigenvalue weighted by atomic mass is 9.70. The van der Waals surface area contributed by atoms with Crippen molar-refractivity contribution in [3.8, 4) is 5.88 Å². The van der Waals surface area contributed by atoms with E-state index in [1.807, 2.05) is 32.0 Å². The molecule has 0 atom stereocenters. The highest BCUT2D eigenvalue weighted by Crippen LogP contribution is 2.41. The zero-order valence-corrected chi connectivity index (χ0v) is 22.3. The molecule has 0 bridgehead atoms. The van der Waals surface area contributed by atoms with Gasteiger partial charge in [0.2, 0.25) is 11.8 Å². The van der Waals surface area contributed by atoms with E-state index in [1.165, 1.54) is 18.1 Å². The number of anilines is 1. The number of carbonyl (C=O) groups is 3. The summed E-state index contributed by atoms with van der Waals surface area (Å²) in [4.78, 5) is 43.9. The minimum Gasteiger partial charge on any atom is -0.469 e. The Kier molecular flexibility index (Phi) is 8.58. The van der Waals surface area contributed by atoms with Crippen LogP contribution in [0.3, 0.4) is 0 Å². The van der Waals surface area contributed by atoms with Gasteiger partial charge in [-0.15, -0.1) is 0 Å². The topological polar surface area (TPSA) is 107 Å². The molecule has 38 heavy (non-hydrogen) atoms. The van der Waals surface area contributed by atoms with Crippen LogP contribution < -0.4 is 10.1 Å². The Morgan fingerprint density at radius 2 is 1.79 bits per heavy atom. The monoisotopic (exact) mass is 533 g/mol. The molecule has 2 heterocycles. The summed E-state index contributed by atoms with van der Waals surface area (Å²) in [7, 11) is 1.25. The van der Waals surface area contributed by atoms with Crippen LogP contribution in [0.15, 0.2) is 36.4 Å². The molecule has 11 heteroatoms. The van der Waals surface area contributed by atoms with E-state index in [-0.39, 0.29) is 31.3 Å². The maximum atomic E-state index is 13.8. The van der Waals surface area contributed by atoms with Gasteiger partial charge in [0.05, 0.1) is 12.5 Å². The van der Waals surface area contributed by atoms with E-state index in [2.05, 4.69) is 15.0 Å². The van der Waals surface area contributed by atoms with Crippen molar-refractivity contribution in [2.75, 3.05) is 32.1 Å². The molecule has 0 spiro atoms. The van der Waals surface area contributed by atoms with Crippen molar-refractivity contribution < 1.29 is 37.4 Å². The number of rotatable bonds is 9. The molecular formula is C27H33F2N3O6. The second-order valence-electron chi connectivity index (χ2n) is 10.2. The molecule has 206 valence electrons. The smallest absolute Gasteiger partial charge is 0.409 e. The Labute approximate surface area is 220 Å². The van der Waals surface area contributed by atoms with Crippen LogP contribution in [-0.4, -0.2) is 61.3 Å². The number of hydrogen-bond acceptors (Lipinski definition) is 7. The summed E-state index contributed by atoms with van der Waals surface area (Å²) < 4.78 is 40.6. The molecule has 1 aromatic heterocycles. The van der Waals surface area contributed by atoms with Gasteiger partial charge in [-0.3, -0.25) is 9.59 Å². The van der Waals surface area contributed by atoms with Crippen LogP contribution >= 0.6 is 0 Å². The van der Waals surface area contributed by atoms with Gasteiger partial charge in [0, 0.05) is 18.8 Å². The number of benzene rings is 1. The first kappa shape index (κ1) is 28.8. The molecular weight excluding hydrogens is 500 g/mol. The molecule has 9 nitrogen and oxygen atoms in total. The van der Waals surface area contributed by atoms with E-state index in [4.69, 9.17) is 9.47 Å². The van der Waals surface area contributed by atoms with Crippen LogP contribution in [0.2, 0.25) is 0 Å². The van der Waals surface area contributed by atoms with Gasteiger partial charge in [-0.1, -0.05) is 38.1 Å². The Hall–Kier alpha value is -3.76. The lowest BCUT2D eigenvalue weighted by Crippen LogP contribution is -2.66. The molecule has 3 rings (SSSR count). The third-order valence-corrected chi connectivity index (χ3v) is 6.46. The second-order valence-corrected chi connectivity index (χ2v) is 10.2. The van der Waals surface area contributed by atoms with Gasteiger partial charge in [-0.25, -0.2) is 9.78 Å². The molecule has 2 aromatic rings. The Morgan fingerprint density at radius 1 is 1.13 bits per heavy atom. The number of pyridine rings is 1. The van der Waals surface area contributed by atoms with Gasteiger partial charge < -0.3 is 24.4 Å². The fourth-order valence-electron chi connectivity index (χ4n) is 4.32. The number of esters is 1. The maximum absolute atomic E-state index is 13.8. The predicted octanol–water partition coefficient (Wildman–Crippen LogP) is 4.64. The van der Waals surface area contributed by atoms with Crippen LogP contribution in [0.5, 0.6) is 5.88 Å². The van der Waals surface area contributed by atoms with E-state index in [0.717, 1.165) is 5.56 Å². The van der Waals surface area contributed by atoms with Gasteiger partial charge in [-0.05, 0) is 49.9 Å². The number of hydrogen-bond donors (Lipinski definition) is 1. The average Bonchev–Trinajstić information content (AvgIpc) is 2.83. The second kappa shape index (κ2) is 11.3. The number of nitrogens with zero attached hydrogens (tertiary/aromatic N) is 2. The molecule has 1 fully saturated rings. The van der Waals surface area contributed by atoms with Crippen LogP contribution in [0.4, 0.5) is 19.3 Å². The number of alkyl halides is 2. The lowest BCUT2D eigenvalue weighted by molar-refractivity contribution is -0.153. The number of halogens is 2. The molecule has 0 aliphatic carbocycles. The molecule has 1 saturated heterocycles. The Morgan fingerprint density at radius 3 is 2.39 bits per heavy atom. The van der Waals surface area contributed by atoms with Gasteiger partial charge in [0.15, 0.2) is 0 Å². The minimum atomic E-state index is -3.13. The minimum absolute atomic E-state index is 0.0110. The zero-order chi connectivity index (χ0) is 28.3. The molecule has 0 unspecified atom stereocenters. The first-order chi connectivity index (χ1) is 17.8. The number of methoxy groups -OCH3 is 1. The van der Waals surface area contributed by atoms with Crippen LogP contribution in [-0.2, 0) is 24.5 Å². The summed E-state index contributed by atoms with van der Waals surface area (Å²) in [6, 6.07) is 10.4. The van der Waals surface area contributed by atoms with Crippen molar-refractivity contribution in [2.24, 2.45) is 5.41 Å². The number of aromatic nitrogens is 1. The fraction of sp³-hybridized carbons (Fsp3) is 0.481. The zero-order valence-electron chi connectivity index (χ0n) is 22.3. The summed E-state index contributed by atoms with van der Waals surface area (Å²) in [5.41, 5.74) is -0.191. The number of carbonyl (C=O) groups excluding carboxylic acids is 3. The highest BCUT2D eigenvalue weighted by atomic mass is 19.3. The quantitative estimate of drug-likeness (QED) is 0.468. The highest BCUT2D eigenvalue weighted by Gasteiger charge is 2.54. The number of nitrogens with one attached hydrogen (secondary N) is 1. The number of amides is 2. The van der Waals surface area contributed by atoms with Crippen molar-refractivity contribution in [1.82, 2.24) is 9.88 Å². The third-order valence-electron chi connectivity index (χ3n) is 6.46. The predicted molar refractivity (Wildman–Crippen MR) is 135 cm³/mol. The maximum Gasteiger partial charge on any atom is 0.409 e. The highest BCUT2D eigenvalue weighted by molar-refractivity contribution is 6.02. The van der Waals surface area contributed by atoms with Gasteiger partial charge in [-0.2, -0.15) is 8.78 Å². The van der Waals surface area contributed by atoms with E-state index in [9.17, 15) is 23.2 Å². The SMILES string of the molecule is COC(=O)C(C)(C)COC(=O)N1CC(C(=O)Nc2ccc(C)nc2OC(F)F)(c2ccccc2C(C)C)C1. The van der Waals surface area contributed by atoms with Crippen LogP contribution in [0.1, 0.15) is 50.4 Å². The summed E-state index contributed by atoms with van der Waals surface area (Å²) in [5, 5.41) is 2.69. The average molecular weight is 534 g/mol. The van der Waals surface area contributed by atoms with Crippen molar-refractivity contribution in [3.05, 3.63) is 53.2 Å². The van der Waals surface area contributed by atoms with E-state index in [0.29, 0.717) is 11.3 Å². The Balaban J connectivity index is 1.89. The van der Waals surface area contributed by atoms with Crippen molar-refractivity contribution in [2.45, 2.75) is 52.6 Å². The first-order valence-corrected chi connectivity index (χ1v) is 12.1. The van der Waals surface area contributed by atoms with Crippen molar-refractivity contribution in [3.63, 3.8) is 0 Å². The summed E-state index contributed by atoms with van der Waals surface area (Å²) >= 11 is 0. The molecule has 2 amide bonds. The van der Waals surface area contributed by atoms with Crippen molar-refractivity contribution >= 4 is 23.7 Å². The normalized spacial score (nSPS) is 14.6. The first-order valence-electron chi connectivity index (χ1n) is 12.1. The molecule has 1 aromatic carbocycles. The van der Waals surface area contributed by atoms with Gasteiger partial charge in [0.1, 0.15) is 17.7 Å². The van der Waals surface area contributed by atoms with E-state index in [1.54, 1.807) is 32.9 Å². The van der Waals surface area contributed by atoms with Crippen LogP contribution in [0, 0.1) is 12.3 Å². The third kappa shape index (κ3) is 6.03. The summed E-state index contributed by atoms with van der Waals surface area (Å²) in [5.74, 6) is -1.37. The largest absolute Gasteiger partial charge is 0.469 e.